The molecule has 0 aromatic heterocycles. The fourth-order valence-corrected chi connectivity index (χ4v) is 7.19. The molecule has 5 aliphatic rings. The Morgan fingerprint density at radius 1 is 1.06 bits per heavy atom. The molecule has 8 nitrogen and oxygen atoms in total. The summed E-state index contributed by atoms with van der Waals surface area (Å²) < 4.78 is 22.9. The lowest BCUT2D eigenvalue weighted by Gasteiger charge is -2.63. The fourth-order valence-electron chi connectivity index (χ4n) is 7.19. The largest absolute Gasteiger partial charge is 0.493 e. The lowest BCUT2D eigenvalue weighted by molar-refractivity contribution is -0.189. The molecule has 7 rings (SSSR count). The van der Waals surface area contributed by atoms with Crippen molar-refractivity contribution < 1.29 is 28.8 Å². The number of fused-ring (bicyclic) bond motifs is 7. The maximum absolute atomic E-state index is 13.8. The highest BCUT2D eigenvalue weighted by Gasteiger charge is 2.67. The smallest absolute Gasteiger partial charge is 0.240 e. The van der Waals surface area contributed by atoms with Gasteiger partial charge in [0.2, 0.25) is 5.91 Å². The minimum Gasteiger partial charge on any atom is -0.493 e. The van der Waals surface area contributed by atoms with E-state index in [0.29, 0.717) is 36.9 Å². The maximum Gasteiger partial charge on any atom is 0.240 e. The third kappa shape index (κ3) is 2.33. The number of ether oxygens (including phenoxy) is 4. The molecule has 5 heterocycles. The van der Waals surface area contributed by atoms with Gasteiger partial charge in [0.05, 0.1) is 45.0 Å². The molecule has 1 amide bonds. The van der Waals surface area contributed by atoms with Gasteiger partial charge in [-0.1, -0.05) is 0 Å². The highest BCUT2D eigenvalue weighted by molar-refractivity contribution is 5.87. The Kier molecular flexibility index (Phi) is 4.08. The monoisotopic (exact) mass is 464 g/mol. The number of nitrogens with zero attached hydrogens (tertiary/aromatic N) is 2. The number of aliphatic hydroxyl groups excluding tert-OH is 1. The number of benzene rings is 2. The van der Waals surface area contributed by atoms with Gasteiger partial charge >= 0.3 is 0 Å². The Labute approximate surface area is 197 Å². The molecule has 5 aliphatic heterocycles. The van der Waals surface area contributed by atoms with Crippen molar-refractivity contribution in [1.82, 2.24) is 9.80 Å². The molecule has 34 heavy (non-hydrogen) atoms. The van der Waals surface area contributed by atoms with Crippen molar-refractivity contribution in [3.8, 4) is 23.0 Å². The number of carbonyl (C=O) groups is 1. The van der Waals surface area contributed by atoms with Crippen LogP contribution in [0.15, 0.2) is 24.3 Å². The van der Waals surface area contributed by atoms with Crippen LogP contribution >= 0.6 is 0 Å². The summed E-state index contributed by atoms with van der Waals surface area (Å²) >= 11 is 0. The van der Waals surface area contributed by atoms with Gasteiger partial charge in [-0.2, -0.15) is 0 Å². The van der Waals surface area contributed by atoms with E-state index in [1.165, 1.54) is 11.1 Å². The Hall–Kier alpha value is -2.97. The van der Waals surface area contributed by atoms with Crippen LogP contribution in [-0.4, -0.2) is 66.9 Å². The molecule has 5 atom stereocenters. The lowest BCUT2D eigenvalue weighted by atomic mass is 9.73. The second-order valence-corrected chi connectivity index (χ2v) is 10.1. The Bertz CT molecular complexity index is 1230. The van der Waals surface area contributed by atoms with Gasteiger partial charge in [-0.15, -0.1) is 0 Å². The van der Waals surface area contributed by atoms with Crippen LogP contribution in [0.3, 0.4) is 0 Å². The van der Waals surface area contributed by atoms with Crippen LogP contribution in [0.1, 0.15) is 47.7 Å². The third-order valence-electron chi connectivity index (χ3n) is 8.61. The molecular formula is C26H28N2O6. The number of amides is 1. The SMILES string of the molecule is COc1cc2c(cc1OC)C1(C)C[C@H]3C(=O)N4[C@@H](CO)c5cc6c(cc5C[C@H]4[C@@H]2N31)OCCO6. The molecule has 2 fully saturated rings. The van der Waals surface area contributed by atoms with Crippen LogP contribution in [-0.2, 0) is 16.8 Å². The van der Waals surface area contributed by atoms with Crippen molar-refractivity contribution in [2.75, 3.05) is 34.0 Å². The molecule has 0 bridgehead atoms. The summed E-state index contributed by atoms with van der Waals surface area (Å²) in [4.78, 5) is 18.2. The van der Waals surface area contributed by atoms with E-state index in [-0.39, 0.29) is 36.2 Å². The van der Waals surface area contributed by atoms with Crippen molar-refractivity contribution in [1.29, 1.82) is 0 Å². The predicted molar refractivity (Wildman–Crippen MR) is 121 cm³/mol. The highest BCUT2D eigenvalue weighted by Crippen LogP contribution is 2.64. The van der Waals surface area contributed by atoms with Gasteiger partial charge in [0.15, 0.2) is 23.0 Å². The summed E-state index contributed by atoms with van der Waals surface area (Å²) in [5.74, 6) is 2.93. The molecule has 8 heteroatoms. The van der Waals surface area contributed by atoms with Gasteiger partial charge in [-0.25, -0.2) is 0 Å². The van der Waals surface area contributed by atoms with E-state index < -0.39 is 6.04 Å². The molecule has 0 saturated carbocycles. The van der Waals surface area contributed by atoms with Gasteiger partial charge in [-0.3, -0.25) is 9.69 Å². The molecule has 2 saturated heterocycles. The lowest BCUT2D eigenvalue weighted by Crippen LogP contribution is -2.73. The zero-order valence-electron chi connectivity index (χ0n) is 19.5. The van der Waals surface area contributed by atoms with E-state index >= 15 is 0 Å². The van der Waals surface area contributed by atoms with Gasteiger partial charge in [-0.05, 0) is 66.3 Å². The fraction of sp³-hybridized carbons (Fsp3) is 0.500. The summed E-state index contributed by atoms with van der Waals surface area (Å²) in [6.45, 7) is 3.11. The summed E-state index contributed by atoms with van der Waals surface area (Å²) in [5, 5.41) is 10.5. The number of carbonyl (C=O) groups excluding carboxylic acids is 1. The second-order valence-electron chi connectivity index (χ2n) is 10.1. The maximum atomic E-state index is 13.8. The van der Waals surface area contributed by atoms with Crippen molar-refractivity contribution in [2.45, 2.75) is 49.5 Å². The molecule has 2 aromatic rings. The Morgan fingerprint density at radius 2 is 1.76 bits per heavy atom. The van der Waals surface area contributed by atoms with Crippen molar-refractivity contribution in [3.05, 3.63) is 46.5 Å². The van der Waals surface area contributed by atoms with E-state index in [2.05, 4.69) is 24.0 Å². The first-order chi connectivity index (χ1) is 16.5. The average Bonchev–Trinajstić information content (AvgIpc) is 3.05. The van der Waals surface area contributed by atoms with Crippen molar-refractivity contribution >= 4 is 5.91 Å². The van der Waals surface area contributed by atoms with E-state index in [1.54, 1.807) is 14.2 Å². The summed E-state index contributed by atoms with van der Waals surface area (Å²) in [6.07, 6.45) is 1.44. The standard InChI is InChI=1S/C26H28N2O6/c1-26-11-18-25(30)27-17(24(28(18)26)15-9-20(31-2)21(32-3)10-16(15)26)6-13-7-22-23(34-5-4-33-22)8-14(13)19(27)12-29/h7-10,17-19,24,29H,4-6,11-12H2,1-3H3/t17-,18-,19-,24+,26?/m0/s1. The van der Waals surface area contributed by atoms with Crippen LogP contribution in [0.4, 0.5) is 0 Å². The first-order valence-corrected chi connectivity index (χ1v) is 11.9. The Morgan fingerprint density at radius 3 is 2.47 bits per heavy atom. The highest BCUT2D eigenvalue weighted by atomic mass is 16.6. The molecular weight excluding hydrogens is 436 g/mol. The molecule has 1 unspecified atom stereocenters. The second kappa shape index (κ2) is 6.79. The van der Waals surface area contributed by atoms with E-state index in [9.17, 15) is 9.90 Å². The topological polar surface area (TPSA) is 80.7 Å². The first-order valence-electron chi connectivity index (χ1n) is 11.9. The minimum atomic E-state index is -0.407. The zero-order valence-corrected chi connectivity index (χ0v) is 19.5. The van der Waals surface area contributed by atoms with E-state index in [1.807, 2.05) is 17.0 Å². The van der Waals surface area contributed by atoms with Crippen molar-refractivity contribution in [2.24, 2.45) is 0 Å². The Balaban J connectivity index is 1.40. The number of hydrogen-bond donors (Lipinski definition) is 1. The molecule has 2 aromatic carbocycles. The molecule has 1 N–H and O–H groups in total. The molecule has 178 valence electrons. The normalized spacial score (nSPS) is 32.2. The number of methoxy groups -OCH3 is 2. The first kappa shape index (κ1) is 20.4. The summed E-state index contributed by atoms with van der Waals surface area (Å²) in [7, 11) is 3.30. The van der Waals surface area contributed by atoms with Crippen LogP contribution in [0.25, 0.3) is 0 Å². The van der Waals surface area contributed by atoms with Gasteiger partial charge in [0.25, 0.3) is 0 Å². The van der Waals surface area contributed by atoms with E-state index in [0.717, 1.165) is 23.3 Å². The zero-order chi connectivity index (χ0) is 23.4. The van der Waals surface area contributed by atoms with Crippen LogP contribution < -0.4 is 18.9 Å². The van der Waals surface area contributed by atoms with Crippen LogP contribution in [0, 0.1) is 0 Å². The number of piperazine rings is 1. The molecule has 0 aliphatic carbocycles. The third-order valence-corrected chi connectivity index (χ3v) is 8.61. The molecule has 0 spiro atoms. The summed E-state index contributed by atoms with van der Waals surface area (Å²) in [5.41, 5.74) is 4.23. The molecule has 0 radical (unpaired) electrons. The minimum absolute atomic E-state index is 0.0201. The predicted octanol–water partition coefficient (Wildman–Crippen LogP) is 2.32. The van der Waals surface area contributed by atoms with Crippen LogP contribution in [0.2, 0.25) is 0 Å². The summed E-state index contributed by atoms with van der Waals surface area (Å²) in [6, 6.07) is 7.49. The number of hydrogen-bond acceptors (Lipinski definition) is 7. The van der Waals surface area contributed by atoms with Gasteiger partial charge in [0.1, 0.15) is 13.2 Å². The number of rotatable bonds is 3. The van der Waals surface area contributed by atoms with Crippen LogP contribution in [0.5, 0.6) is 23.0 Å². The van der Waals surface area contributed by atoms with Gasteiger partial charge in [0, 0.05) is 5.54 Å². The van der Waals surface area contributed by atoms with Crippen molar-refractivity contribution in [3.63, 3.8) is 0 Å². The quantitative estimate of drug-likeness (QED) is 0.747. The average molecular weight is 465 g/mol. The number of aliphatic hydroxyl groups is 1. The van der Waals surface area contributed by atoms with E-state index in [4.69, 9.17) is 18.9 Å². The van der Waals surface area contributed by atoms with Gasteiger partial charge < -0.3 is 29.0 Å².